The van der Waals surface area contributed by atoms with Gasteiger partial charge in [-0.25, -0.2) is 13.1 Å². The largest absolute Gasteiger partial charge is 0.497 e. The van der Waals surface area contributed by atoms with E-state index in [4.69, 9.17) is 37.4 Å². The maximum atomic E-state index is 12.8. The van der Waals surface area contributed by atoms with Crippen molar-refractivity contribution in [3.63, 3.8) is 0 Å². The highest BCUT2D eigenvalue weighted by atomic mass is 35.5. The number of hydrogen-bond donors (Lipinski definition) is 1. The molecule has 1 N–H and O–H groups in total. The lowest BCUT2D eigenvalue weighted by Gasteiger charge is -2.19. The molecule has 2 aromatic carbocycles. The highest BCUT2D eigenvalue weighted by Crippen LogP contribution is 2.37. The molecule has 0 amide bonds. The monoisotopic (exact) mass is 419 g/mol. The summed E-state index contributed by atoms with van der Waals surface area (Å²) in [6, 6.07) is 7.31. The highest BCUT2D eigenvalue weighted by Gasteiger charge is 2.25. The van der Waals surface area contributed by atoms with E-state index in [1.807, 2.05) is 0 Å². The van der Waals surface area contributed by atoms with Crippen LogP contribution >= 0.6 is 23.2 Å². The minimum Gasteiger partial charge on any atom is -0.497 e. The molecule has 0 aliphatic rings. The maximum absolute atomic E-state index is 12.8. The summed E-state index contributed by atoms with van der Waals surface area (Å²) in [5, 5.41) is -0.0769. The molecule has 1 unspecified atom stereocenters. The quantitative estimate of drug-likeness (QED) is 0.732. The third-order valence-electron chi connectivity index (χ3n) is 3.76. The van der Waals surface area contributed by atoms with Gasteiger partial charge in [0, 0.05) is 11.6 Å². The van der Waals surface area contributed by atoms with Gasteiger partial charge < -0.3 is 14.2 Å². The van der Waals surface area contributed by atoms with Gasteiger partial charge in [-0.1, -0.05) is 23.2 Å². The molecule has 0 bridgehead atoms. The van der Waals surface area contributed by atoms with Crippen molar-refractivity contribution in [1.82, 2.24) is 4.72 Å². The predicted molar refractivity (Wildman–Crippen MR) is 101 cm³/mol. The number of rotatable bonds is 7. The molecule has 0 aromatic heterocycles. The van der Waals surface area contributed by atoms with Crippen LogP contribution in [0.25, 0.3) is 0 Å². The van der Waals surface area contributed by atoms with Crippen LogP contribution in [0.5, 0.6) is 17.2 Å². The van der Waals surface area contributed by atoms with Gasteiger partial charge in [0.1, 0.15) is 27.2 Å². The van der Waals surface area contributed by atoms with Crippen LogP contribution in [0.1, 0.15) is 18.5 Å². The lowest BCUT2D eigenvalue weighted by atomic mass is 10.1. The fraction of sp³-hybridized carbons (Fsp3) is 0.294. The van der Waals surface area contributed by atoms with Gasteiger partial charge in [0.05, 0.1) is 26.4 Å². The van der Waals surface area contributed by atoms with Gasteiger partial charge in [-0.05, 0) is 37.3 Å². The van der Waals surface area contributed by atoms with Crippen LogP contribution in [0.3, 0.4) is 0 Å². The molecule has 1 atom stereocenters. The first-order valence-electron chi connectivity index (χ1n) is 7.51. The van der Waals surface area contributed by atoms with Gasteiger partial charge in [0.2, 0.25) is 10.0 Å². The summed E-state index contributed by atoms with van der Waals surface area (Å²) >= 11 is 12.2. The third-order valence-corrected chi connectivity index (χ3v) is 6.32. The van der Waals surface area contributed by atoms with E-state index in [1.54, 1.807) is 25.1 Å². The van der Waals surface area contributed by atoms with Gasteiger partial charge in [-0.2, -0.15) is 0 Å². The molecule has 0 heterocycles. The van der Waals surface area contributed by atoms with E-state index in [2.05, 4.69) is 4.72 Å². The predicted octanol–water partition coefficient (Wildman–Crippen LogP) is 4.06. The zero-order valence-electron chi connectivity index (χ0n) is 14.7. The molecule has 0 radical (unpaired) electrons. The summed E-state index contributed by atoms with van der Waals surface area (Å²) in [5.74, 6) is 1.40. The lowest BCUT2D eigenvalue weighted by Crippen LogP contribution is -2.27. The summed E-state index contributed by atoms with van der Waals surface area (Å²) in [7, 11) is 0.503. The lowest BCUT2D eigenvalue weighted by molar-refractivity contribution is 0.395. The fourth-order valence-corrected chi connectivity index (χ4v) is 4.48. The van der Waals surface area contributed by atoms with Crippen molar-refractivity contribution in [2.75, 3.05) is 21.3 Å². The van der Waals surface area contributed by atoms with E-state index >= 15 is 0 Å². The van der Waals surface area contributed by atoms with Crippen molar-refractivity contribution in [2.45, 2.75) is 17.9 Å². The van der Waals surface area contributed by atoms with E-state index in [0.717, 1.165) is 0 Å². The first-order chi connectivity index (χ1) is 12.2. The molecule has 0 aliphatic heterocycles. The molecule has 9 heteroatoms. The Balaban J connectivity index is 2.40. The first-order valence-corrected chi connectivity index (χ1v) is 9.75. The van der Waals surface area contributed by atoms with Crippen molar-refractivity contribution in [3.05, 3.63) is 45.9 Å². The zero-order chi connectivity index (χ0) is 19.5. The minimum absolute atomic E-state index is 0.0312. The van der Waals surface area contributed by atoms with E-state index in [-0.39, 0.29) is 20.7 Å². The molecule has 0 spiro atoms. The molecular weight excluding hydrogens is 401 g/mol. The second kappa shape index (κ2) is 8.35. The Labute approximate surface area is 163 Å². The minimum atomic E-state index is -3.95. The molecule has 0 fully saturated rings. The summed E-state index contributed by atoms with van der Waals surface area (Å²) in [4.78, 5) is -0.140. The van der Waals surface area contributed by atoms with Gasteiger partial charge >= 0.3 is 0 Å². The number of sulfonamides is 1. The van der Waals surface area contributed by atoms with E-state index < -0.39 is 16.1 Å². The molecule has 6 nitrogen and oxygen atoms in total. The molecule has 0 saturated carbocycles. The number of nitrogens with one attached hydrogen (secondary N) is 1. The summed E-state index contributed by atoms with van der Waals surface area (Å²) in [5.41, 5.74) is 0.617. The Hall–Kier alpha value is -1.67. The second-order valence-corrected chi connectivity index (χ2v) is 7.78. The van der Waals surface area contributed by atoms with Crippen LogP contribution in [0.15, 0.2) is 35.2 Å². The van der Waals surface area contributed by atoms with Gasteiger partial charge in [0.15, 0.2) is 0 Å². The highest BCUT2D eigenvalue weighted by molar-refractivity contribution is 7.89. The van der Waals surface area contributed by atoms with Crippen molar-refractivity contribution in [2.24, 2.45) is 0 Å². The normalized spacial score (nSPS) is 12.5. The fourth-order valence-electron chi connectivity index (χ4n) is 2.42. The Morgan fingerprint density at radius 1 is 0.923 bits per heavy atom. The van der Waals surface area contributed by atoms with Gasteiger partial charge in [0.25, 0.3) is 0 Å². The molecule has 0 saturated heterocycles. The van der Waals surface area contributed by atoms with Crippen LogP contribution in [0, 0.1) is 0 Å². The topological polar surface area (TPSA) is 73.9 Å². The summed E-state index contributed by atoms with van der Waals surface area (Å²) < 4.78 is 43.7. The summed E-state index contributed by atoms with van der Waals surface area (Å²) in [6.45, 7) is 1.69. The average Bonchev–Trinajstić information content (AvgIpc) is 2.62. The van der Waals surface area contributed by atoms with E-state index in [1.165, 1.54) is 33.5 Å². The third kappa shape index (κ3) is 4.17. The average molecular weight is 420 g/mol. The van der Waals surface area contributed by atoms with Crippen LogP contribution < -0.4 is 18.9 Å². The molecule has 0 aliphatic carbocycles. The van der Waals surface area contributed by atoms with Crippen LogP contribution in [0.4, 0.5) is 0 Å². The molecule has 2 rings (SSSR count). The smallest absolute Gasteiger partial charge is 0.242 e. The van der Waals surface area contributed by atoms with Gasteiger partial charge in [-0.15, -0.1) is 0 Å². The molecule has 26 heavy (non-hydrogen) atoms. The summed E-state index contributed by atoms with van der Waals surface area (Å²) in [6.07, 6.45) is 0. The first kappa shape index (κ1) is 20.6. The van der Waals surface area contributed by atoms with Crippen LogP contribution in [0.2, 0.25) is 10.0 Å². The van der Waals surface area contributed by atoms with Crippen LogP contribution in [-0.4, -0.2) is 29.7 Å². The maximum Gasteiger partial charge on any atom is 0.242 e. The van der Waals surface area contributed by atoms with E-state index in [0.29, 0.717) is 17.1 Å². The molecule has 142 valence electrons. The van der Waals surface area contributed by atoms with E-state index in [9.17, 15) is 8.42 Å². The number of halogens is 2. The number of ether oxygens (including phenoxy) is 3. The Kier molecular flexibility index (Phi) is 6.63. The van der Waals surface area contributed by atoms with Crippen molar-refractivity contribution in [3.8, 4) is 17.2 Å². The van der Waals surface area contributed by atoms with Crippen molar-refractivity contribution >= 4 is 33.2 Å². The second-order valence-electron chi connectivity index (χ2n) is 5.34. The van der Waals surface area contributed by atoms with Crippen molar-refractivity contribution in [1.29, 1.82) is 0 Å². The zero-order valence-corrected chi connectivity index (χ0v) is 17.0. The van der Waals surface area contributed by atoms with Crippen molar-refractivity contribution < 1.29 is 22.6 Å². The Morgan fingerprint density at radius 2 is 1.54 bits per heavy atom. The van der Waals surface area contributed by atoms with Crippen LogP contribution in [-0.2, 0) is 10.0 Å². The number of hydrogen-bond acceptors (Lipinski definition) is 5. The standard InChI is InChI=1S/C17H19Cl2NO5S/c1-10(12-9-11(23-2)5-6-13(12)24-3)20-26(21,22)15-8-7-14(25-4)16(18)17(15)19/h5-10,20H,1-4H3. The Bertz CT molecular complexity index is 902. The number of methoxy groups -OCH3 is 3. The SMILES string of the molecule is COc1ccc(OC)c(C(C)NS(=O)(=O)c2ccc(OC)c(Cl)c2Cl)c1. The Morgan fingerprint density at radius 3 is 2.12 bits per heavy atom. The molecule has 2 aromatic rings. The molecular formula is C17H19Cl2NO5S. The number of benzene rings is 2. The van der Waals surface area contributed by atoms with Gasteiger partial charge in [-0.3, -0.25) is 0 Å².